The Morgan fingerprint density at radius 1 is 1.60 bits per heavy atom. The van der Waals surface area contributed by atoms with E-state index >= 15 is 0 Å². The first-order valence-electron chi connectivity index (χ1n) is 4.71. The lowest BCUT2D eigenvalue weighted by Gasteiger charge is -2.13. The Balaban J connectivity index is 2.79. The highest BCUT2D eigenvalue weighted by Crippen LogP contribution is 2.05. The van der Waals surface area contributed by atoms with Crippen molar-refractivity contribution in [1.82, 2.24) is 15.0 Å². The van der Waals surface area contributed by atoms with Crippen molar-refractivity contribution in [3.8, 4) is 0 Å². The summed E-state index contributed by atoms with van der Waals surface area (Å²) >= 11 is 0. The van der Waals surface area contributed by atoms with Crippen LogP contribution in [0.5, 0.6) is 0 Å². The van der Waals surface area contributed by atoms with Gasteiger partial charge in [-0.3, -0.25) is 0 Å². The zero-order valence-electron chi connectivity index (χ0n) is 8.72. The summed E-state index contributed by atoms with van der Waals surface area (Å²) < 4.78 is 0. The van der Waals surface area contributed by atoms with Gasteiger partial charge in [0.15, 0.2) is 0 Å². The smallest absolute Gasteiger partial charge is 0.220 e. The van der Waals surface area contributed by atoms with E-state index in [1.165, 1.54) is 5.01 Å². The van der Waals surface area contributed by atoms with E-state index in [4.69, 9.17) is 17.3 Å². The number of rotatable bonds is 4. The Hall–Kier alpha value is -1.82. The number of hydrogen-bond acceptors (Lipinski definition) is 6. The molecule has 6 nitrogen and oxygen atoms in total. The lowest BCUT2D eigenvalue weighted by Crippen LogP contribution is -2.27. The Morgan fingerprint density at radius 3 is 2.93 bits per heavy atom. The minimum Gasteiger partial charge on any atom is -0.396 e. The van der Waals surface area contributed by atoms with E-state index in [0.717, 1.165) is 13.0 Å². The van der Waals surface area contributed by atoms with Crippen LogP contribution in [-0.2, 0) is 0 Å². The fraction of sp³-hybridized carbons (Fsp3) is 0.333. The molecule has 1 aromatic heterocycles. The maximum atomic E-state index is 5.79. The quantitative estimate of drug-likeness (QED) is 0.471. The number of nitrogen functional groups attached to an aromatic ring is 1. The average molecular weight is 208 g/mol. The van der Waals surface area contributed by atoms with Crippen molar-refractivity contribution in [3.63, 3.8) is 0 Å². The standard InChI is InChI=1S/C9H16N6/c1-2-5-15(12)6-7(10)8-3-4-13-9(11)14-8/h3-4,6H,2,5,10,12H2,1H3,(H2,11,13,14)/b7-6-. The number of hydrogen-bond donors (Lipinski definition) is 3. The molecular formula is C9H16N6. The Labute approximate surface area is 88.8 Å². The van der Waals surface area contributed by atoms with E-state index in [2.05, 4.69) is 9.97 Å². The monoisotopic (exact) mass is 208 g/mol. The molecule has 0 bridgehead atoms. The zero-order chi connectivity index (χ0) is 11.3. The van der Waals surface area contributed by atoms with Gasteiger partial charge in [-0.1, -0.05) is 6.92 Å². The van der Waals surface area contributed by atoms with Gasteiger partial charge in [-0.15, -0.1) is 0 Å². The zero-order valence-corrected chi connectivity index (χ0v) is 8.72. The third-order valence-corrected chi connectivity index (χ3v) is 1.76. The van der Waals surface area contributed by atoms with Gasteiger partial charge in [0.05, 0.1) is 11.4 Å². The molecule has 6 heteroatoms. The van der Waals surface area contributed by atoms with Crippen molar-refractivity contribution in [2.75, 3.05) is 12.3 Å². The molecule has 0 aliphatic carbocycles. The van der Waals surface area contributed by atoms with Crippen LogP contribution in [0.15, 0.2) is 18.5 Å². The molecule has 6 N–H and O–H groups in total. The van der Waals surface area contributed by atoms with Gasteiger partial charge in [0.2, 0.25) is 5.95 Å². The van der Waals surface area contributed by atoms with Crippen LogP contribution in [0.25, 0.3) is 5.70 Å². The highest BCUT2D eigenvalue weighted by molar-refractivity contribution is 5.59. The fourth-order valence-electron chi connectivity index (χ4n) is 1.10. The van der Waals surface area contributed by atoms with Crippen molar-refractivity contribution < 1.29 is 0 Å². The molecule has 0 atom stereocenters. The van der Waals surface area contributed by atoms with Crippen LogP contribution >= 0.6 is 0 Å². The minimum absolute atomic E-state index is 0.197. The van der Waals surface area contributed by atoms with Crippen molar-refractivity contribution in [1.29, 1.82) is 0 Å². The van der Waals surface area contributed by atoms with Crippen molar-refractivity contribution >= 4 is 11.6 Å². The largest absolute Gasteiger partial charge is 0.396 e. The van der Waals surface area contributed by atoms with Gasteiger partial charge < -0.3 is 16.5 Å². The first-order chi connectivity index (χ1) is 7.13. The molecule has 1 aromatic rings. The Bertz CT molecular complexity index is 348. The molecule has 0 spiro atoms. The molecule has 1 rings (SSSR count). The van der Waals surface area contributed by atoms with Gasteiger partial charge in [0.1, 0.15) is 0 Å². The molecule has 1 heterocycles. The van der Waals surface area contributed by atoms with Crippen LogP contribution in [0.1, 0.15) is 19.0 Å². The first-order valence-corrected chi connectivity index (χ1v) is 4.71. The van der Waals surface area contributed by atoms with Crippen LogP contribution in [0.2, 0.25) is 0 Å². The summed E-state index contributed by atoms with van der Waals surface area (Å²) in [6, 6.07) is 1.68. The van der Waals surface area contributed by atoms with Crippen molar-refractivity contribution in [2.24, 2.45) is 11.6 Å². The third kappa shape index (κ3) is 3.43. The van der Waals surface area contributed by atoms with Gasteiger partial charge >= 0.3 is 0 Å². The van der Waals surface area contributed by atoms with E-state index in [0.29, 0.717) is 11.4 Å². The Morgan fingerprint density at radius 2 is 2.33 bits per heavy atom. The second-order valence-electron chi connectivity index (χ2n) is 3.12. The molecule has 0 aliphatic heterocycles. The lowest BCUT2D eigenvalue weighted by atomic mass is 10.3. The van der Waals surface area contributed by atoms with Gasteiger partial charge in [0, 0.05) is 18.9 Å². The summed E-state index contributed by atoms with van der Waals surface area (Å²) in [5.74, 6) is 5.86. The molecular weight excluding hydrogens is 192 g/mol. The molecule has 0 aliphatic rings. The number of nitrogens with two attached hydrogens (primary N) is 3. The van der Waals surface area contributed by atoms with Crippen molar-refractivity contribution in [2.45, 2.75) is 13.3 Å². The third-order valence-electron chi connectivity index (χ3n) is 1.76. The fourth-order valence-corrected chi connectivity index (χ4v) is 1.10. The second kappa shape index (κ2) is 5.16. The molecule has 0 unspecified atom stereocenters. The molecule has 0 fully saturated rings. The predicted molar refractivity (Wildman–Crippen MR) is 59.8 cm³/mol. The summed E-state index contributed by atoms with van der Waals surface area (Å²) in [5, 5.41) is 1.52. The van der Waals surface area contributed by atoms with Crippen molar-refractivity contribution in [3.05, 3.63) is 24.2 Å². The van der Waals surface area contributed by atoms with Gasteiger partial charge in [-0.2, -0.15) is 0 Å². The number of aromatic nitrogens is 2. The molecule has 0 saturated heterocycles. The highest BCUT2D eigenvalue weighted by Gasteiger charge is 2.00. The van der Waals surface area contributed by atoms with E-state index in [-0.39, 0.29) is 5.95 Å². The lowest BCUT2D eigenvalue weighted by molar-refractivity contribution is 0.394. The van der Waals surface area contributed by atoms with Gasteiger partial charge in [0.25, 0.3) is 0 Å². The summed E-state index contributed by atoms with van der Waals surface area (Å²) in [6.45, 7) is 2.77. The SMILES string of the molecule is CCCN(N)/C=C(\N)c1ccnc(N)n1. The number of nitrogens with zero attached hydrogens (tertiary/aromatic N) is 3. The van der Waals surface area contributed by atoms with E-state index in [1.54, 1.807) is 18.5 Å². The van der Waals surface area contributed by atoms with Crippen LogP contribution < -0.4 is 17.3 Å². The summed E-state index contributed by atoms with van der Waals surface area (Å²) in [4.78, 5) is 7.75. The van der Waals surface area contributed by atoms with Crippen LogP contribution in [0.4, 0.5) is 5.95 Å². The van der Waals surface area contributed by atoms with Crippen LogP contribution in [-0.4, -0.2) is 21.5 Å². The molecule has 0 saturated carbocycles. The molecule has 0 aromatic carbocycles. The predicted octanol–water partition coefficient (Wildman–Crippen LogP) is -0.0984. The maximum Gasteiger partial charge on any atom is 0.220 e. The van der Waals surface area contributed by atoms with E-state index in [1.807, 2.05) is 6.92 Å². The van der Waals surface area contributed by atoms with Crippen LogP contribution in [0, 0.1) is 0 Å². The van der Waals surface area contributed by atoms with E-state index < -0.39 is 0 Å². The van der Waals surface area contributed by atoms with Gasteiger partial charge in [-0.05, 0) is 12.5 Å². The first kappa shape index (κ1) is 11.3. The average Bonchev–Trinajstić information content (AvgIpc) is 2.18. The molecule has 82 valence electrons. The van der Waals surface area contributed by atoms with Crippen LogP contribution in [0.3, 0.4) is 0 Å². The second-order valence-corrected chi connectivity index (χ2v) is 3.12. The van der Waals surface area contributed by atoms with Gasteiger partial charge in [-0.25, -0.2) is 15.8 Å². The minimum atomic E-state index is 0.197. The summed E-state index contributed by atoms with van der Waals surface area (Å²) in [6.07, 6.45) is 4.14. The van der Waals surface area contributed by atoms with E-state index in [9.17, 15) is 0 Å². The molecule has 0 radical (unpaired) electrons. The maximum absolute atomic E-state index is 5.79. The molecule has 15 heavy (non-hydrogen) atoms. The molecule has 0 amide bonds. The number of anilines is 1. The Kier molecular flexibility index (Phi) is 3.87. The highest BCUT2D eigenvalue weighted by atomic mass is 15.4. The topological polar surface area (TPSA) is 107 Å². The summed E-state index contributed by atoms with van der Waals surface area (Å²) in [5.41, 5.74) is 12.3. The summed E-state index contributed by atoms with van der Waals surface area (Å²) in [7, 11) is 0. The normalized spacial score (nSPS) is 11.5. The number of hydrazine groups is 1.